The third kappa shape index (κ3) is 2.83. The maximum Gasteiger partial charge on any atom is 0.228 e. The second-order valence-electron chi connectivity index (χ2n) is 4.36. The minimum atomic E-state index is 0.137. The summed E-state index contributed by atoms with van der Waals surface area (Å²) in [5, 5.41) is 10.9. The van der Waals surface area contributed by atoms with E-state index in [1.807, 2.05) is 24.3 Å². The molecular weight excluding hydrogens is 274 g/mol. The molecule has 1 aromatic carbocycles. The predicted molar refractivity (Wildman–Crippen MR) is 72.4 cm³/mol. The predicted octanol–water partition coefficient (Wildman–Crippen LogP) is 1.50. The number of nitrogens with zero attached hydrogens (tertiary/aromatic N) is 4. The van der Waals surface area contributed by atoms with Gasteiger partial charge in [0.25, 0.3) is 0 Å². The van der Waals surface area contributed by atoms with Gasteiger partial charge in [-0.3, -0.25) is 0 Å². The normalized spacial score (nSPS) is 10.7. The maximum atomic E-state index is 5.57. The van der Waals surface area contributed by atoms with Crippen LogP contribution in [0.3, 0.4) is 0 Å². The van der Waals surface area contributed by atoms with Crippen LogP contribution in [0.15, 0.2) is 33.4 Å². The lowest BCUT2D eigenvalue weighted by Gasteiger charge is -2.01. The average Bonchev–Trinajstić information content (AvgIpc) is 3.14. The van der Waals surface area contributed by atoms with Gasteiger partial charge in [0.2, 0.25) is 11.7 Å². The van der Waals surface area contributed by atoms with E-state index in [9.17, 15) is 0 Å². The molecule has 0 bridgehead atoms. The maximum absolute atomic E-state index is 5.57. The number of rotatable bonds is 5. The number of nitrogen functional groups attached to an aromatic ring is 1. The highest BCUT2D eigenvalue weighted by molar-refractivity contribution is 5.61. The number of benzene rings is 1. The van der Waals surface area contributed by atoms with Gasteiger partial charge in [-0.05, 0) is 34.4 Å². The number of ether oxygens (including phenoxy) is 1. The van der Waals surface area contributed by atoms with Crippen LogP contribution in [0.4, 0.5) is 5.82 Å². The molecule has 8 nitrogen and oxygen atoms in total. The first-order valence-electron chi connectivity index (χ1n) is 6.30. The van der Waals surface area contributed by atoms with Crippen LogP contribution in [0.2, 0.25) is 0 Å². The molecule has 2 heterocycles. The van der Waals surface area contributed by atoms with Crippen LogP contribution in [0, 0.1) is 0 Å². The summed E-state index contributed by atoms with van der Waals surface area (Å²) < 4.78 is 14.8. The van der Waals surface area contributed by atoms with E-state index in [2.05, 4.69) is 25.1 Å². The highest BCUT2D eigenvalue weighted by atomic mass is 16.6. The van der Waals surface area contributed by atoms with E-state index in [0.717, 1.165) is 17.7 Å². The van der Waals surface area contributed by atoms with Crippen molar-refractivity contribution in [2.45, 2.75) is 12.8 Å². The molecule has 0 atom stereocenters. The molecule has 0 aliphatic carbocycles. The van der Waals surface area contributed by atoms with E-state index < -0.39 is 0 Å². The third-order valence-electron chi connectivity index (χ3n) is 2.98. The molecule has 0 aliphatic heterocycles. The summed E-state index contributed by atoms with van der Waals surface area (Å²) in [5.74, 6) is 1.74. The second kappa shape index (κ2) is 5.61. The zero-order valence-electron chi connectivity index (χ0n) is 11.3. The van der Waals surface area contributed by atoms with Crippen LogP contribution in [-0.4, -0.2) is 27.6 Å². The van der Waals surface area contributed by atoms with E-state index in [0.29, 0.717) is 12.3 Å². The highest BCUT2D eigenvalue weighted by Gasteiger charge is 2.16. The lowest BCUT2D eigenvalue weighted by Crippen LogP contribution is -1.93. The number of anilines is 1. The Morgan fingerprint density at radius 3 is 2.57 bits per heavy atom. The summed E-state index contributed by atoms with van der Waals surface area (Å²) in [6.07, 6.45) is 1.39. The molecule has 0 unspecified atom stereocenters. The Labute approximate surface area is 119 Å². The molecule has 8 heteroatoms. The molecule has 108 valence electrons. The van der Waals surface area contributed by atoms with Gasteiger partial charge < -0.3 is 15.0 Å². The number of hydrogen-bond donors (Lipinski definition) is 1. The fourth-order valence-electron chi connectivity index (χ4n) is 1.85. The van der Waals surface area contributed by atoms with Gasteiger partial charge in [-0.25, -0.2) is 4.63 Å². The molecule has 0 aliphatic rings. The monoisotopic (exact) mass is 287 g/mol. The number of methoxy groups -OCH3 is 1. The van der Waals surface area contributed by atoms with Crippen molar-refractivity contribution in [3.63, 3.8) is 0 Å². The van der Waals surface area contributed by atoms with Crippen LogP contribution in [-0.2, 0) is 12.8 Å². The molecule has 0 amide bonds. The highest BCUT2D eigenvalue weighted by Crippen LogP contribution is 2.19. The zero-order valence-corrected chi connectivity index (χ0v) is 11.3. The van der Waals surface area contributed by atoms with Gasteiger partial charge in [0, 0.05) is 6.42 Å². The third-order valence-corrected chi connectivity index (χ3v) is 2.98. The summed E-state index contributed by atoms with van der Waals surface area (Å²) in [4.78, 5) is 4.22. The average molecular weight is 287 g/mol. The molecule has 0 saturated heterocycles. The van der Waals surface area contributed by atoms with Gasteiger partial charge in [-0.15, -0.1) is 0 Å². The number of nitrogens with two attached hydrogens (primary N) is 1. The van der Waals surface area contributed by atoms with Crippen LogP contribution in [0.1, 0.15) is 11.5 Å². The standard InChI is InChI=1S/C13H13N5O3/c1-19-9-5-2-8(3-6-9)4-7-10-15-13(18-20-10)11-12(14)17-21-16-11/h2-3,5-6H,4,7H2,1H3,(H2,14,17). The lowest BCUT2D eigenvalue weighted by molar-refractivity contribution is 0.310. The molecular formula is C13H13N5O3. The van der Waals surface area contributed by atoms with Gasteiger partial charge >= 0.3 is 0 Å². The Kier molecular flexibility index (Phi) is 3.50. The van der Waals surface area contributed by atoms with E-state index in [1.165, 1.54) is 0 Å². The largest absolute Gasteiger partial charge is 0.497 e. The summed E-state index contributed by atoms with van der Waals surface area (Å²) in [7, 11) is 1.64. The van der Waals surface area contributed by atoms with Gasteiger partial charge in [0.15, 0.2) is 11.5 Å². The minimum absolute atomic E-state index is 0.137. The summed E-state index contributed by atoms with van der Waals surface area (Å²) >= 11 is 0. The first-order chi connectivity index (χ1) is 10.3. The Morgan fingerprint density at radius 2 is 1.90 bits per heavy atom. The number of aromatic nitrogens is 4. The van der Waals surface area contributed by atoms with E-state index in [4.69, 9.17) is 15.0 Å². The van der Waals surface area contributed by atoms with Crippen LogP contribution >= 0.6 is 0 Å². The van der Waals surface area contributed by atoms with Crippen molar-refractivity contribution in [2.75, 3.05) is 12.8 Å². The topological polar surface area (TPSA) is 113 Å². The van der Waals surface area contributed by atoms with Gasteiger partial charge in [-0.1, -0.05) is 17.3 Å². The molecule has 3 aromatic rings. The van der Waals surface area contributed by atoms with Crippen molar-refractivity contribution in [3.05, 3.63) is 35.7 Å². The van der Waals surface area contributed by atoms with Crippen molar-refractivity contribution in [1.29, 1.82) is 0 Å². The number of aryl methyl sites for hydroxylation is 2. The van der Waals surface area contributed by atoms with Crippen molar-refractivity contribution < 1.29 is 13.9 Å². The van der Waals surface area contributed by atoms with Crippen molar-refractivity contribution in [3.8, 4) is 17.3 Å². The molecule has 2 N–H and O–H groups in total. The SMILES string of the molecule is COc1ccc(CCc2nc(-c3nonc3N)no2)cc1. The molecule has 0 fully saturated rings. The minimum Gasteiger partial charge on any atom is -0.497 e. The Morgan fingerprint density at radius 1 is 1.10 bits per heavy atom. The van der Waals surface area contributed by atoms with Gasteiger partial charge in [0.1, 0.15) is 5.75 Å². The molecule has 2 aromatic heterocycles. The van der Waals surface area contributed by atoms with Crippen LogP contribution in [0.5, 0.6) is 5.75 Å². The first kappa shape index (κ1) is 13.1. The quantitative estimate of drug-likeness (QED) is 0.751. The Hall–Kier alpha value is -2.90. The fraction of sp³-hybridized carbons (Fsp3) is 0.231. The Bertz CT molecular complexity index is 719. The molecule has 0 spiro atoms. The van der Waals surface area contributed by atoms with Crippen molar-refractivity contribution in [2.24, 2.45) is 0 Å². The fourth-order valence-corrected chi connectivity index (χ4v) is 1.85. The van der Waals surface area contributed by atoms with Crippen molar-refractivity contribution in [1.82, 2.24) is 20.5 Å². The van der Waals surface area contributed by atoms with E-state index >= 15 is 0 Å². The Balaban J connectivity index is 1.66. The summed E-state index contributed by atoms with van der Waals surface area (Å²) in [6.45, 7) is 0. The van der Waals surface area contributed by atoms with Crippen LogP contribution < -0.4 is 10.5 Å². The summed E-state index contributed by atoms with van der Waals surface area (Å²) in [6, 6.07) is 7.82. The van der Waals surface area contributed by atoms with Gasteiger partial charge in [0.05, 0.1) is 7.11 Å². The van der Waals surface area contributed by atoms with E-state index in [-0.39, 0.29) is 17.3 Å². The van der Waals surface area contributed by atoms with Crippen molar-refractivity contribution >= 4 is 5.82 Å². The molecule has 21 heavy (non-hydrogen) atoms. The smallest absolute Gasteiger partial charge is 0.228 e. The number of hydrogen-bond acceptors (Lipinski definition) is 8. The van der Waals surface area contributed by atoms with Crippen LogP contribution in [0.25, 0.3) is 11.5 Å². The zero-order chi connectivity index (χ0) is 14.7. The first-order valence-corrected chi connectivity index (χ1v) is 6.30. The molecule has 0 saturated carbocycles. The molecule has 0 radical (unpaired) electrons. The lowest BCUT2D eigenvalue weighted by atomic mass is 10.1. The second-order valence-corrected chi connectivity index (χ2v) is 4.36. The van der Waals surface area contributed by atoms with E-state index in [1.54, 1.807) is 7.11 Å². The summed E-state index contributed by atoms with van der Waals surface area (Å²) in [5.41, 5.74) is 7.01. The molecule has 3 rings (SSSR count). The van der Waals surface area contributed by atoms with Gasteiger partial charge in [-0.2, -0.15) is 4.98 Å².